The molecular formula is C30H43IO2Si. The van der Waals surface area contributed by atoms with Crippen molar-refractivity contribution in [3.05, 3.63) is 82.5 Å². The van der Waals surface area contributed by atoms with E-state index in [1.54, 1.807) is 0 Å². The van der Waals surface area contributed by atoms with Crippen LogP contribution in [0.5, 0.6) is 0 Å². The highest BCUT2D eigenvalue weighted by atomic mass is 127. The molecular weight excluding hydrogens is 547 g/mol. The summed E-state index contributed by atoms with van der Waals surface area (Å²) in [6.07, 6.45) is 5.58. The minimum atomic E-state index is -2.62. The number of hydrogen-bond acceptors (Lipinski definition) is 2. The Kier molecular flexibility index (Phi) is 11.3. The Morgan fingerprint density at radius 1 is 0.941 bits per heavy atom. The molecule has 0 aliphatic rings. The third-order valence-electron chi connectivity index (χ3n) is 6.63. The molecule has 0 aliphatic carbocycles. The zero-order chi connectivity index (χ0) is 25.4. The second-order valence-corrected chi connectivity index (χ2v) is 15.5. The van der Waals surface area contributed by atoms with Gasteiger partial charge in [0.05, 0.1) is 12.2 Å². The van der Waals surface area contributed by atoms with Crippen molar-refractivity contribution in [1.82, 2.24) is 0 Å². The molecule has 2 rings (SSSR count). The molecule has 186 valence electrons. The Morgan fingerprint density at radius 3 is 1.85 bits per heavy atom. The summed E-state index contributed by atoms with van der Waals surface area (Å²) in [5.74, 6) is 0.779. The second kappa shape index (κ2) is 13.2. The van der Waals surface area contributed by atoms with Crippen molar-refractivity contribution in [2.45, 2.75) is 72.1 Å². The molecule has 0 N–H and O–H groups in total. The highest BCUT2D eigenvalue weighted by molar-refractivity contribution is 14.1. The molecule has 0 saturated carbocycles. The van der Waals surface area contributed by atoms with Crippen LogP contribution in [0.3, 0.4) is 0 Å². The number of allylic oxidation sites excluding steroid dienone is 2. The predicted molar refractivity (Wildman–Crippen MR) is 159 cm³/mol. The first-order chi connectivity index (χ1) is 16.1. The minimum Gasteiger partial charge on any atom is -0.402 e. The number of benzene rings is 2. The Morgan fingerprint density at radius 2 is 1.44 bits per heavy atom. The van der Waals surface area contributed by atoms with Gasteiger partial charge < -0.3 is 9.16 Å². The molecule has 2 aromatic rings. The van der Waals surface area contributed by atoms with Crippen molar-refractivity contribution >= 4 is 41.3 Å². The van der Waals surface area contributed by atoms with E-state index in [1.165, 1.54) is 15.9 Å². The lowest BCUT2D eigenvalue weighted by atomic mass is 9.94. The number of hydrogen-bond donors (Lipinski definition) is 0. The summed E-state index contributed by atoms with van der Waals surface area (Å²) in [6.45, 7) is 15.9. The normalized spacial score (nSPS) is 16.9. The molecule has 0 unspecified atom stereocenters. The fourth-order valence-corrected chi connectivity index (χ4v) is 10.6. The van der Waals surface area contributed by atoms with Gasteiger partial charge in [0.15, 0.2) is 0 Å². The molecule has 0 heterocycles. The molecule has 0 spiro atoms. The highest BCUT2D eigenvalue weighted by Gasteiger charge is 2.51. The summed E-state index contributed by atoms with van der Waals surface area (Å²) in [5.41, 5.74) is 1.40. The lowest BCUT2D eigenvalue weighted by Gasteiger charge is -2.46. The van der Waals surface area contributed by atoms with E-state index in [-0.39, 0.29) is 23.2 Å². The van der Waals surface area contributed by atoms with Gasteiger partial charge in [-0.25, -0.2) is 0 Å². The van der Waals surface area contributed by atoms with Gasteiger partial charge in [0.2, 0.25) is 0 Å². The van der Waals surface area contributed by atoms with E-state index in [9.17, 15) is 0 Å². The lowest BCUT2D eigenvalue weighted by molar-refractivity contribution is -0.0146. The third kappa shape index (κ3) is 7.16. The van der Waals surface area contributed by atoms with Gasteiger partial charge in [0.1, 0.15) is 0 Å². The van der Waals surface area contributed by atoms with Crippen LogP contribution < -0.4 is 10.4 Å². The van der Waals surface area contributed by atoms with E-state index < -0.39 is 8.32 Å². The monoisotopic (exact) mass is 590 g/mol. The van der Waals surface area contributed by atoms with Crippen molar-refractivity contribution in [3.63, 3.8) is 0 Å². The predicted octanol–water partition coefficient (Wildman–Crippen LogP) is 7.52. The molecule has 0 aliphatic heterocycles. The highest BCUT2D eigenvalue weighted by Crippen LogP contribution is 2.38. The van der Waals surface area contributed by atoms with Gasteiger partial charge in [-0.3, -0.25) is 0 Å². The number of rotatable bonds is 11. The Bertz CT molecular complexity index is 878. The maximum atomic E-state index is 7.32. The topological polar surface area (TPSA) is 18.5 Å². The molecule has 0 bridgehead atoms. The summed E-state index contributed by atoms with van der Waals surface area (Å²) in [7, 11) is -0.808. The lowest BCUT2D eigenvalue weighted by Crippen LogP contribution is -2.68. The number of methoxy groups -OCH3 is 1. The summed E-state index contributed by atoms with van der Waals surface area (Å²) in [4.78, 5) is 0. The summed E-state index contributed by atoms with van der Waals surface area (Å²) >= 11 is 2.30. The summed E-state index contributed by atoms with van der Waals surface area (Å²) < 4.78 is 15.5. The zero-order valence-corrected chi connectivity index (χ0v) is 25.4. The van der Waals surface area contributed by atoms with E-state index in [1.807, 2.05) is 7.11 Å². The fraction of sp³-hybridized carbons (Fsp3) is 0.467. The minimum absolute atomic E-state index is 0.0352. The van der Waals surface area contributed by atoms with E-state index >= 15 is 0 Å². The molecule has 0 amide bonds. The second-order valence-electron chi connectivity index (χ2n) is 10.6. The number of ether oxygens (including phenoxy) is 1. The summed E-state index contributed by atoms with van der Waals surface area (Å²) in [5, 5.41) is 2.54. The standard InChI is InChI=1S/C30H43IO2Si/c1-23(19-20-31)21-24(2)22-25(3)29(32-8)26(4)33-34(30(5,6)7,27-15-11-9-12-16-27)28-17-13-10-14-18-28/h9-20,22-23,25-26,29H,21H2,1-8H3/b20-19+,24-22+/t23-,25+,26+,29+/m1/s1. The average molecular weight is 591 g/mol. The molecule has 2 nitrogen and oxygen atoms in total. The molecule has 0 aromatic heterocycles. The largest absolute Gasteiger partial charge is 0.402 e. The van der Waals surface area contributed by atoms with Crippen molar-refractivity contribution < 1.29 is 9.16 Å². The van der Waals surface area contributed by atoms with Crippen LogP contribution in [0.15, 0.2) is 82.5 Å². The van der Waals surface area contributed by atoms with Gasteiger partial charge in [0, 0.05) is 13.0 Å². The first kappa shape index (κ1) is 29.0. The van der Waals surface area contributed by atoms with Crippen molar-refractivity contribution in [2.75, 3.05) is 7.11 Å². The van der Waals surface area contributed by atoms with Crippen molar-refractivity contribution in [3.8, 4) is 0 Å². The van der Waals surface area contributed by atoms with Crippen molar-refractivity contribution in [1.29, 1.82) is 0 Å². The van der Waals surface area contributed by atoms with Crippen LogP contribution in [0, 0.1) is 11.8 Å². The molecule has 2 aromatic carbocycles. The first-order valence-electron chi connectivity index (χ1n) is 12.3. The van der Waals surface area contributed by atoms with Gasteiger partial charge in [-0.05, 0) is 45.7 Å². The fourth-order valence-electron chi connectivity index (χ4n) is 5.18. The summed E-state index contributed by atoms with van der Waals surface area (Å²) in [6, 6.07) is 21.7. The SMILES string of the molecule is CO[C@H]([C@H](C)O[Si](c1ccccc1)(c1ccccc1)C(C)(C)C)[C@@H](C)/C=C(\C)C[C@H](C)/C=C/I. The van der Waals surface area contributed by atoms with Crippen LogP contribution in [-0.2, 0) is 9.16 Å². The quantitative estimate of drug-likeness (QED) is 0.153. The smallest absolute Gasteiger partial charge is 0.261 e. The van der Waals surface area contributed by atoms with Crippen LogP contribution in [0.4, 0.5) is 0 Å². The molecule has 0 radical (unpaired) electrons. The molecule has 0 saturated heterocycles. The Hall–Kier alpha value is -1.21. The number of halogens is 1. The van der Waals surface area contributed by atoms with Gasteiger partial charge in [-0.15, -0.1) is 0 Å². The van der Waals surface area contributed by atoms with Crippen LogP contribution in [0.2, 0.25) is 5.04 Å². The van der Waals surface area contributed by atoms with Gasteiger partial charge in [0.25, 0.3) is 8.32 Å². The molecule has 34 heavy (non-hydrogen) atoms. The van der Waals surface area contributed by atoms with E-state index in [4.69, 9.17) is 9.16 Å². The van der Waals surface area contributed by atoms with Crippen molar-refractivity contribution in [2.24, 2.45) is 11.8 Å². The zero-order valence-electron chi connectivity index (χ0n) is 22.2. The van der Waals surface area contributed by atoms with E-state index in [2.05, 4.69) is 148 Å². The van der Waals surface area contributed by atoms with Crippen LogP contribution in [0.1, 0.15) is 54.9 Å². The van der Waals surface area contributed by atoms with Crippen LogP contribution in [0.25, 0.3) is 0 Å². The molecule has 4 heteroatoms. The first-order valence-corrected chi connectivity index (χ1v) is 15.5. The van der Waals surface area contributed by atoms with Gasteiger partial charge >= 0.3 is 0 Å². The maximum Gasteiger partial charge on any atom is 0.261 e. The Balaban J connectivity index is 2.46. The van der Waals surface area contributed by atoms with Crippen LogP contribution >= 0.6 is 22.6 Å². The van der Waals surface area contributed by atoms with E-state index in [0.29, 0.717) is 5.92 Å². The third-order valence-corrected chi connectivity index (χ3v) is 12.2. The van der Waals surface area contributed by atoms with Crippen LogP contribution in [-0.4, -0.2) is 27.6 Å². The Labute approximate surface area is 223 Å². The average Bonchev–Trinajstić information content (AvgIpc) is 2.78. The van der Waals surface area contributed by atoms with E-state index in [0.717, 1.165) is 6.42 Å². The van der Waals surface area contributed by atoms with Gasteiger partial charge in [-0.1, -0.05) is 136 Å². The van der Waals surface area contributed by atoms with Gasteiger partial charge in [-0.2, -0.15) is 0 Å². The molecule has 0 fully saturated rings. The maximum absolute atomic E-state index is 7.32. The molecule has 4 atom stereocenters.